The van der Waals surface area contributed by atoms with Crippen LogP contribution in [0.1, 0.15) is 49.2 Å². The SMILES string of the molecule is CC(=O)O.CSC(C)(C)[C@H](N)C(=O)NCc1nc2c(s1)CCCC2. The fraction of sp³-hybridized carbons (Fsp3) is 0.688. The van der Waals surface area contributed by atoms with E-state index >= 15 is 0 Å². The Morgan fingerprint density at radius 3 is 2.54 bits per heavy atom. The Balaban J connectivity index is 0.000000648. The molecule has 0 saturated heterocycles. The van der Waals surface area contributed by atoms with Gasteiger partial charge in [0.1, 0.15) is 5.01 Å². The van der Waals surface area contributed by atoms with Gasteiger partial charge in [0.2, 0.25) is 5.91 Å². The van der Waals surface area contributed by atoms with Crippen molar-refractivity contribution in [3.8, 4) is 0 Å². The molecule has 1 aromatic rings. The highest BCUT2D eigenvalue weighted by molar-refractivity contribution is 8.00. The molecule has 1 atom stereocenters. The Morgan fingerprint density at radius 1 is 1.42 bits per heavy atom. The Bertz CT molecular complexity index is 545. The number of nitrogens with zero attached hydrogens (tertiary/aromatic N) is 1. The third kappa shape index (κ3) is 6.41. The zero-order valence-corrected chi connectivity index (χ0v) is 16.4. The lowest BCUT2D eigenvalue weighted by atomic mass is 10.0. The molecule has 0 aliphatic heterocycles. The summed E-state index contributed by atoms with van der Waals surface area (Å²) < 4.78 is -0.258. The lowest BCUT2D eigenvalue weighted by Crippen LogP contribution is -2.51. The van der Waals surface area contributed by atoms with E-state index in [1.54, 1.807) is 23.1 Å². The normalized spacial score (nSPS) is 14.9. The van der Waals surface area contributed by atoms with Gasteiger partial charge in [0.25, 0.3) is 5.97 Å². The number of rotatable bonds is 5. The summed E-state index contributed by atoms with van der Waals surface area (Å²) in [5.41, 5.74) is 7.25. The molecule has 1 aromatic heterocycles. The second-order valence-electron chi connectivity index (χ2n) is 6.21. The average molecular weight is 374 g/mol. The van der Waals surface area contributed by atoms with Gasteiger partial charge in [0.15, 0.2) is 0 Å². The van der Waals surface area contributed by atoms with Gasteiger partial charge in [0, 0.05) is 16.5 Å². The smallest absolute Gasteiger partial charge is 0.300 e. The summed E-state index contributed by atoms with van der Waals surface area (Å²) in [4.78, 5) is 27.1. The maximum absolute atomic E-state index is 12.1. The van der Waals surface area contributed by atoms with E-state index in [1.165, 1.54) is 23.4 Å². The molecular formula is C16H27N3O3S2. The van der Waals surface area contributed by atoms with Crippen LogP contribution in [-0.4, -0.2) is 39.0 Å². The predicted octanol–water partition coefficient (Wildman–Crippen LogP) is 2.20. The molecule has 8 heteroatoms. The molecule has 4 N–H and O–H groups in total. The van der Waals surface area contributed by atoms with Crippen molar-refractivity contribution in [3.63, 3.8) is 0 Å². The second kappa shape index (κ2) is 9.39. The first-order valence-electron chi connectivity index (χ1n) is 7.92. The molecule has 24 heavy (non-hydrogen) atoms. The van der Waals surface area contributed by atoms with Gasteiger partial charge in [-0.2, -0.15) is 11.8 Å². The molecule has 1 aliphatic carbocycles. The summed E-state index contributed by atoms with van der Waals surface area (Å²) >= 11 is 3.34. The largest absolute Gasteiger partial charge is 0.481 e. The zero-order chi connectivity index (χ0) is 18.3. The molecular weight excluding hydrogens is 346 g/mol. The number of carboxylic acids is 1. The van der Waals surface area contributed by atoms with Crippen molar-refractivity contribution in [2.75, 3.05) is 6.26 Å². The van der Waals surface area contributed by atoms with Gasteiger partial charge in [-0.05, 0) is 45.8 Å². The van der Waals surface area contributed by atoms with E-state index in [-0.39, 0.29) is 10.7 Å². The quantitative estimate of drug-likeness (QED) is 0.731. The Kier molecular flexibility index (Phi) is 8.18. The van der Waals surface area contributed by atoms with E-state index in [9.17, 15) is 4.79 Å². The molecule has 1 heterocycles. The highest BCUT2D eigenvalue weighted by Gasteiger charge is 2.31. The summed E-state index contributed by atoms with van der Waals surface area (Å²) in [5, 5.41) is 11.3. The van der Waals surface area contributed by atoms with Crippen molar-refractivity contribution < 1.29 is 14.7 Å². The minimum absolute atomic E-state index is 0.0995. The molecule has 0 spiro atoms. The topological polar surface area (TPSA) is 105 Å². The van der Waals surface area contributed by atoms with Crippen molar-refractivity contribution in [2.24, 2.45) is 5.73 Å². The van der Waals surface area contributed by atoms with E-state index in [1.807, 2.05) is 20.1 Å². The van der Waals surface area contributed by atoms with Crippen molar-refractivity contribution in [2.45, 2.75) is 63.8 Å². The highest BCUT2D eigenvalue weighted by Crippen LogP contribution is 2.27. The van der Waals surface area contributed by atoms with Gasteiger partial charge < -0.3 is 16.2 Å². The number of carbonyl (C=O) groups excluding carboxylic acids is 1. The molecule has 2 rings (SSSR count). The van der Waals surface area contributed by atoms with Crippen LogP contribution in [0.2, 0.25) is 0 Å². The minimum atomic E-state index is -0.833. The van der Waals surface area contributed by atoms with Crippen molar-refractivity contribution >= 4 is 35.0 Å². The molecule has 6 nitrogen and oxygen atoms in total. The number of thioether (sulfide) groups is 1. The zero-order valence-electron chi connectivity index (χ0n) is 14.7. The number of amides is 1. The summed E-state index contributed by atoms with van der Waals surface area (Å²) in [6.07, 6.45) is 6.68. The third-order valence-corrected chi connectivity index (χ3v) is 6.32. The molecule has 0 fully saturated rings. The van der Waals surface area contributed by atoms with Gasteiger partial charge in [-0.1, -0.05) is 0 Å². The van der Waals surface area contributed by atoms with Gasteiger partial charge in [0.05, 0.1) is 18.3 Å². The van der Waals surface area contributed by atoms with Crippen LogP contribution >= 0.6 is 23.1 Å². The van der Waals surface area contributed by atoms with E-state index in [2.05, 4.69) is 10.3 Å². The van der Waals surface area contributed by atoms with Crippen LogP contribution in [0.25, 0.3) is 0 Å². The fourth-order valence-corrected chi connectivity index (χ4v) is 3.65. The van der Waals surface area contributed by atoms with Crippen molar-refractivity contribution in [1.82, 2.24) is 10.3 Å². The molecule has 0 unspecified atom stereocenters. The number of hydrogen-bond acceptors (Lipinski definition) is 6. The van der Waals surface area contributed by atoms with Crippen molar-refractivity contribution in [3.05, 3.63) is 15.6 Å². The molecule has 0 saturated carbocycles. The molecule has 136 valence electrons. The minimum Gasteiger partial charge on any atom is -0.481 e. The van der Waals surface area contributed by atoms with Crippen LogP contribution in [0, 0.1) is 0 Å². The number of aryl methyl sites for hydroxylation is 2. The lowest BCUT2D eigenvalue weighted by Gasteiger charge is -2.28. The van der Waals surface area contributed by atoms with Crippen LogP contribution in [0.3, 0.4) is 0 Å². The maximum atomic E-state index is 12.1. The first-order valence-corrected chi connectivity index (χ1v) is 9.97. The second-order valence-corrected chi connectivity index (χ2v) is 8.84. The molecule has 1 aliphatic rings. The van der Waals surface area contributed by atoms with E-state index in [0.717, 1.165) is 24.8 Å². The van der Waals surface area contributed by atoms with E-state index < -0.39 is 12.0 Å². The predicted molar refractivity (Wildman–Crippen MR) is 99.5 cm³/mol. The van der Waals surface area contributed by atoms with Crippen LogP contribution in [0.15, 0.2) is 0 Å². The van der Waals surface area contributed by atoms with Crippen molar-refractivity contribution in [1.29, 1.82) is 0 Å². The van der Waals surface area contributed by atoms with Crippen LogP contribution in [-0.2, 0) is 29.0 Å². The Hall–Kier alpha value is -1.12. The van der Waals surface area contributed by atoms with Crippen LogP contribution in [0.5, 0.6) is 0 Å². The first kappa shape index (κ1) is 20.9. The summed E-state index contributed by atoms with van der Waals surface area (Å²) in [6.45, 7) is 5.56. The van der Waals surface area contributed by atoms with Crippen LogP contribution in [0.4, 0.5) is 0 Å². The summed E-state index contributed by atoms with van der Waals surface area (Å²) in [5.74, 6) is -0.933. The monoisotopic (exact) mass is 373 g/mol. The van der Waals surface area contributed by atoms with Crippen LogP contribution < -0.4 is 11.1 Å². The summed E-state index contributed by atoms with van der Waals surface area (Å²) in [7, 11) is 0. The number of aromatic nitrogens is 1. The first-order chi connectivity index (χ1) is 11.2. The standard InChI is InChI=1S/C14H23N3OS2.C2H4O2/c1-14(2,19-3)12(15)13(18)16-8-11-17-9-6-4-5-7-10(9)20-11;1-2(3)4/h12H,4-8,15H2,1-3H3,(H,16,18);1H3,(H,3,4)/t12-;/m1./s1. The number of fused-ring (bicyclic) bond motifs is 1. The number of carbonyl (C=O) groups is 2. The third-order valence-electron chi connectivity index (χ3n) is 3.86. The highest BCUT2D eigenvalue weighted by atomic mass is 32.2. The van der Waals surface area contributed by atoms with Gasteiger partial charge >= 0.3 is 0 Å². The van der Waals surface area contributed by atoms with E-state index in [0.29, 0.717) is 6.54 Å². The number of aliphatic carboxylic acids is 1. The molecule has 0 bridgehead atoms. The Labute approximate surface area is 151 Å². The van der Waals surface area contributed by atoms with Gasteiger partial charge in [-0.3, -0.25) is 9.59 Å². The summed E-state index contributed by atoms with van der Waals surface area (Å²) in [6, 6.07) is -0.507. The fourth-order valence-electron chi connectivity index (χ4n) is 2.20. The number of nitrogens with one attached hydrogen (secondary N) is 1. The average Bonchev–Trinajstić information content (AvgIpc) is 2.94. The number of carboxylic acid groups (broad SMARTS) is 1. The lowest BCUT2D eigenvalue weighted by molar-refractivity contribution is -0.134. The number of hydrogen-bond donors (Lipinski definition) is 3. The number of thiazole rings is 1. The molecule has 1 amide bonds. The van der Waals surface area contributed by atoms with Gasteiger partial charge in [-0.25, -0.2) is 4.98 Å². The van der Waals surface area contributed by atoms with E-state index in [4.69, 9.17) is 15.6 Å². The maximum Gasteiger partial charge on any atom is 0.300 e. The van der Waals surface area contributed by atoms with Gasteiger partial charge in [-0.15, -0.1) is 11.3 Å². The number of nitrogens with two attached hydrogens (primary N) is 1. The molecule has 0 radical (unpaired) electrons. The Morgan fingerprint density at radius 2 is 2.00 bits per heavy atom. The molecule has 0 aromatic carbocycles.